The van der Waals surface area contributed by atoms with E-state index in [0.717, 1.165) is 34.6 Å². The Morgan fingerprint density at radius 1 is 0.939 bits per heavy atom. The standard InChI is InChI=1S/C28H27FN2O2/c1-28(2)15-24-26(25(32)16-28)27(31-23-10-6-5-9-22(23)30-24)18-11-13-20(14-12-18)33-17-19-7-3-4-8-21(19)29/h3-14,27,30-31H,15-17H2,1-2H3/t27-/m0/s1. The van der Waals surface area contributed by atoms with Crippen molar-refractivity contribution < 1.29 is 13.9 Å². The summed E-state index contributed by atoms with van der Waals surface area (Å²) >= 11 is 0. The number of carbonyl (C=O) groups excluding carboxylic acids is 1. The minimum atomic E-state index is -0.277. The average molecular weight is 443 g/mol. The van der Waals surface area contributed by atoms with Crippen molar-refractivity contribution in [3.63, 3.8) is 0 Å². The van der Waals surface area contributed by atoms with Gasteiger partial charge in [0.15, 0.2) is 5.78 Å². The molecule has 0 fully saturated rings. The Labute approximate surface area is 193 Å². The summed E-state index contributed by atoms with van der Waals surface area (Å²) in [5, 5.41) is 7.12. The molecule has 5 rings (SSSR count). The molecule has 0 aromatic heterocycles. The first kappa shape index (κ1) is 21.3. The minimum Gasteiger partial charge on any atom is -0.489 e. The maximum absolute atomic E-state index is 13.9. The number of ether oxygens (including phenoxy) is 1. The highest BCUT2D eigenvalue weighted by Crippen LogP contribution is 2.45. The molecule has 0 bridgehead atoms. The Bertz CT molecular complexity index is 1230. The topological polar surface area (TPSA) is 50.4 Å². The summed E-state index contributed by atoms with van der Waals surface area (Å²) in [5.74, 6) is 0.541. The van der Waals surface area contributed by atoms with Crippen LogP contribution < -0.4 is 15.4 Å². The first-order valence-electron chi connectivity index (χ1n) is 11.2. The molecule has 1 aliphatic heterocycles. The Morgan fingerprint density at radius 2 is 1.64 bits per heavy atom. The first-order valence-corrected chi connectivity index (χ1v) is 11.2. The second kappa shape index (κ2) is 8.39. The van der Waals surface area contributed by atoms with Crippen LogP contribution >= 0.6 is 0 Å². The van der Waals surface area contributed by atoms with Gasteiger partial charge in [0.25, 0.3) is 0 Å². The smallest absolute Gasteiger partial charge is 0.163 e. The minimum absolute atomic E-state index is 0.0862. The van der Waals surface area contributed by atoms with Crippen LogP contribution in [-0.4, -0.2) is 5.78 Å². The van der Waals surface area contributed by atoms with Gasteiger partial charge in [0.05, 0.1) is 17.4 Å². The molecule has 5 heteroatoms. The van der Waals surface area contributed by atoms with Crippen molar-refractivity contribution in [2.24, 2.45) is 5.41 Å². The third kappa shape index (κ3) is 4.36. The van der Waals surface area contributed by atoms with E-state index in [2.05, 4.69) is 24.5 Å². The zero-order valence-corrected chi connectivity index (χ0v) is 18.8. The SMILES string of the molecule is CC1(C)CC(=O)C2=C(C1)Nc1ccccc1N[C@H]2c1ccc(OCc2ccccc2F)cc1. The fourth-order valence-electron chi connectivity index (χ4n) is 4.67. The van der Waals surface area contributed by atoms with Crippen LogP contribution in [0, 0.1) is 11.2 Å². The zero-order valence-electron chi connectivity index (χ0n) is 18.8. The summed E-state index contributed by atoms with van der Waals surface area (Å²) in [6, 6.07) is 22.1. The molecule has 0 saturated heterocycles. The van der Waals surface area contributed by atoms with E-state index in [1.54, 1.807) is 18.2 Å². The van der Waals surface area contributed by atoms with Crippen LogP contribution in [0.15, 0.2) is 84.1 Å². The van der Waals surface area contributed by atoms with Gasteiger partial charge < -0.3 is 15.4 Å². The van der Waals surface area contributed by atoms with Crippen molar-refractivity contribution in [2.45, 2.75) is 39.3 Å². The second-order valence-electron chi connectivity index (χ2n) is 9.53. The number of hydrogen-bond acceptors (Lipinski definition) is 4. The van der Waals surface area contributed by atoms with Crippen LogP contribution in [0.1, 0.15) is 43.9 Å². The number of halogens is 1. The van der Waals surface area contributed by atoms with Crippen molar-refractivity contribution in [3.05, 3.63) is 101 Å². The van der Waals surface area contributed by atoms with Gasteiger partial charge in [0.1, 0.15) is 18.2 Å². The number of fused-ring (bicyclic) bond motifs is 1. The van der Waals surface area contributed by atoms with Crippen LogP contribution in [0.5, 0.6) is 5.75 Å². The number of nitrogens with one attached hydrogen (secondary N) is 2. The number of benzene rings is 3. The molecule has 0 spiro atoms. The van der Waals surface area contributed by atoms with Crippen molar-refractivity contribution >= 4 is 17.2 Å². The maximum Gasteiger partial charge on any atom is 0.163 e. The number of ketones is 1. The normalized spacial score (nSPS) is 19.0. The largest absolute Gasteiger partial charge is 0.489 e. The fraction of sp³-hybridized carbons (Fsp3) is 0.250. The molecule has 2 aliphatic rings. The van der Waals surface area contributed by atoms with E-state index in [1.807, 2.05) is 48.5 Å². The number of para-hydroxylation sites is 2. The molecule has 0 amide bonds. The van der Waals surface area contributed by atoms with Crippen molar-refractivity contribution in [1.82, 2.24) is 0 Å². The Kier molecular flexibility index (Phi) is 5.41. The lowest BCUT2D eigenvalue weighted by Crippen LogP contribution is -2.31. The molecule has 3 aromatic carbocycles. The molecule has 4 nitrogen and oxygen atoms in total. The van der Waals surface area contributed by atoms with E-state index >= 15 is 0 Å². The molecular weight excluding hydrogens is 415 g/mol. The number of carbonyl (C=O) groups is 1. The van der Waals surface area contributed by atoms with Crippen LogP contribution in [-0.2, 0) is 11.4 Å². The lowest BCUT2D eigenvalue weighted by molar-refractivity contribution is -0.118. The summed E-state index contributed by atoms with van der Waals surface area (Å²) in [6.45, 7) is 4.43. The molecule has 0 unspecified atom stereocenters. The number of anilines is 2. The number of Topliss-reactive ketones (excluding diaryl/α,β-unsaturated/α-hetero) is 1. The lowest BCUT2D eigenvalue weighted by Gasteiger charge is -2.34. The third-order valence-electron chi connectivity index (χ3n) is 6.29. The Morgan fingerprint density at radius 3 is 2.39 bits per heavy atom. The predicted molar refractivity (Wildman–Crippen MR) is 129 cm³/mol. The van der Waals surface area contributed by atoms with E-state index in [0.29, 0.717) is 17.7 Å². The second-order valence-corrected chi connectivity index (χ2v) is 9.53. The molecule has 3 aromatic rings. The Balaban J connectivity index is 1.45. The Hall–Kier alpha value is -3.60. The summed E-state index contributed by atoms with van der Waals surface area (Å²) in [7, 11) is 0. The molecule has 1 atom stereocenters. The van der Waals surface area contributed by atoms with Crippen LogP contribution in [0.3, 0.4) is 0 Å². The number of hydrogen-bond donors (Lipinski definition) is 2. The van der Waals surface area contributed by atoms with Gasteiger partial charge in [-0.15, -0.1) is 0 Å². The summed E-state index contributed by atoms with van der Waals surface area (Å²) in [6.07, 6.45) is 1.33. The van der Waals surface area contributed by atoms with E-state index in [1.165, 1.54) is 6.07 Å². The van der Waals surface area contributed by atoms with Gasteiger partial charge in [0, 0.05) is 23.3 Å². The molecule has 1 aliphatic carbocycles. The van der Waals surface area contributed by atoms with Gasteiger partial charge in [-0.25, -0.2) is 4.39 Å². The summed E-state index contributed by atoms with van der Waals surface area (Å²) < 4.78 is 19.7. The molecule has 33 heavy (non-hydrogen) atoms. The number of rotatable bonds is 4. The molecule has 168 valence electrons. The number of allylic oxidation sites excluding steroid dienone is 1. The highest BCUT2D eigenvalue weighted by atomic mass is 19.1. The zero-order chi connectivity index (χ0) is 23.0. The molecule has 2 N–H and O–H groups in total. The highest BCUT2D eigenvalue weighted by molar-refractivity contribution is 6.01. The van der Waals surface area contributed by atoms with E-state index < -0.39 is 0 Å². The average Bonchev–Trinajstić information content (AvgIpc) is 2.94. The first-order chi connectivity index (χ1) is 15.9. The van der Waals surface area contributed by atoms with Gasteiger partial charge >= 0.3 is 0 Å². The van der Waals surface area contributed by atoms with Gasteiger partial charge in [-0.05, 0) is 47.7 Å². The van der Waals surface area contributed by atoms with Crippen LogP contribution in [0.25, 0.3) is 0 Å². The molecule has 0 radical (unpaired) electrons. The monoisotopic (exact) mass is 442 g/mol. The maximum atomic E-state index is 13.9. The quantitative estimate of drug-likeness (QED) is 0.476. The summed E-state index contributed by atoms with van der Waals surface area (Å²) in [5.41, 5.74) is 5.12. The molecule has 0 saturated carbocycles. The third-order valence-corrected chi connectivity index (χ3v) is 6.29. The van der Waals surface area contributed by atoms with Crippen molar-refractivity contribution in [3.8, 4) is 5.75 Å². The van der Waals surface area contributed by atoms with Crippen LogP contribution in [0.2, 0.25) is 0 Å². The van der Waals surface area contributed by atoms with Gasteiger partial charge in [0.2, 0.25) is 0 Å². The molecule has 1 heterocycles. The van der Waals surface area contributed by atoms with Crippen molar-refractivity contribution in [2.75, 3.05) is 10.6 Å². The van der Waals surface area contributed by atoms with Crippen molar-refractivity contribution in [1.29, 1.82) is 0 Å². The predicted octanol–water partition coefficient (Wildman–Crippen LogP) is 6.63. The van der Waals surface area contributed by atoms with Gasteiger partial charge in [-0.3, -0.25) is 4.79 Å². The van der Waals surface area contributed by atoms with E-state index in [9.17, 15) is 9.18 Å². The fourth-order valence-corrected chi connectivity index (χ4v) is 4.67. The van der Waals surface area contributed by atoms with Crippen LogP contribution in [0.4, 0.5) is 15.8 Å². The molecular formula is C28H27FN2O2. The highest BCUT2D eigenvalue weighted by Gasteiger charge is 2.38. The lowest BCUT2D eigenvalue weighted by atomic mass is 9.73. The summed E-state index contributed by atoms with van der Waals surface area (Å²) in [4.78, 5) is 13.3. The van der Waals surface area contributed by atoms with Gasteiger partial charge in [-0.1, -0.05) is 56.3 Å². The van der Waals surface area contributed by atoms with E-state index in [-0.39, 0.29) is 29.7 Å². The van der Waals surface area contributed by atoms with E-state index in [4.69, 9.17) is 4.74 Å². The van der Waals surface area contributed by atoms with Gasteiger partial charge in [-0.2, -0.15) is 0 Å².